The van der Waals surface area contributed by atoms with Gasteiger partial charge in [0.1, 0.15) is 12.7 Å². The fraction of sp³-hybridized carbons (Fsp3) is 0.583. The van der Waals surface area contributed by atoms with E-state index < -0.39 is 15.3 Å². The van der Waals surface area contributed by atoms with Crippen molar-refractivity contribution in [3.05, 3.63) is 12.7 Å². The number of nitrogens with one attached hydrogen (secondary N) is 1. The van der Waals surface area contributed by atoms with Crippen LogP contribution in [-0.2, 0) is 14.2 Å². The van der Waals surface area contributed by atoms with Gasteiger partial charge in [-0.3, -0.25) is 5.41 Å². The number of hydrogen-bond acceptors (Lipinski definition) is 4. The van der Waals surface area contributed by atoms with Crippen LogP contribution in [0.5, 0.6) is 0 Å². The topological polar surface area (TPSA) is 54.8 Å². The third kappa shape index (κ3) is 4.27. The third-order valence-electron chi connectivity index (χ3n) is 2.77. The molecule has 0 aromatic carbocycles. The number of hydrogen-bond donors (Lipinski definition) is 1. The Labute approximate surface area is 127 Å². The van der Waals surface area contributed by atoms with Gasteiger partial charge in [0, 0.05) is 13.5 Å². The first-order chi connectivity index (χ1) is 8.79. The van der Waals surface area contributed by atoms with E-state index in [9.17, 15) is 0 Å². The molecule has 1 fully saturated rings. The lowest BCUT2D eigenvalue weighted by molar-refractivity contribution is 0.116. The molecule has 1 rings (SSSR count). The molecule has 4 nitrogen and oxygen atoms in total. The summed E-state index contributed by atoms with van der Waals surface area (Å²) < 4.78 is 13.8. The van der Waals surface area contributed by atoms with E-state index in [2.05, 4.69) is 12.5 Å². The lowest BCUT2D eigenvalue weighted by Crippen LogP contribution is -2.27. The number of ether oxygens (including phenoxy) is 3. The van der Waals surface area contributed by atoms with Crippen LogP contribution in [-0.4, -0.2) is 41.2 Å². The minimum absolute atomic E-state index is 0.0462. The maximum absolute atomic E-state index is 7.40. The number of epoxide rings is 1. The highest BCUT2D eigenvalue weighted by Crippen LogP contribution is 2.41. The van der Waals surface area contributed by atoms with Gasteiger partial charge >= 0.3 is 0 Å². The molecule has 0 aromatic heterocycles. The molecule has 1 aliphatic heterocycles. The smallest absolute Gasteiger partial charge is 0.265 e. The highest BCUT2D eigenvalue weighted by atomic mass is 35.6. The average molecular weight is 327 g/mol. The predicted octanol–water partition coefficient (Wildman–Crippen LogP) is 2.71. The van der Waals surface area contributed by atoms with Crippen molar-refractivity contribution in [3.8, 4) is 12.3 Å². The largest absolute Gasteiger partial charge is 0.475 e. The van der Waals surface area contributed by atoms with Crippen LogP contribution in [0.25, 0.3) is 0 Å². The Morgan fingerprint density at radius 3 is 2.74 bits per heavy atom. The van der Waals surface area contributed by atoms with Gasteiger partial charge in [-0.05, 0) is 0 Å². The van der Waals surface area contributed by atoms with E-state index >= 15 is 0 Å². The number of halogens is 3. The molecule has 0 radical (unpaired) electrons. The zero-order valence-electron chi connectivity index (χ0n) is 10.3. The van der Waals surface area contributed by atoms with Crippen molar-refractivity contribution in [1.29, 1.82) is 5.41 Å². The molecule has 0 unspecified atom stereocenters. The highest BCUT2D eigenvalue weighted by Gasteiger charge is 2.57. The van der Waals surface area contributed by atoms with Gasteiger partial charge < -0.3 is 14.2 Å². The van der Waals surface area contributed by atoms with Crippen LogP contribution in [0.3, 0.4) is 0 Å². The minimum atomic E-state index is -1.89. The fourth-order valence-corrected chi connectivity index (χ4v) is 1.72. The summed E-state index contributed by atoms with van der Waals surface area (Å²) in [5.74, 6) is 2.10. The lowest BCUT2D eigenvalue weighted by atomic mass is 9.98. The molecule has 1 saturated heterocycles. The third-order valence-corrected chi connectivity index (χ3v) is 3.28. The van der Waals surface area contributed by atoms with Gasteiger partial charge in [0.15, 0.2) is 5.60 Å². The SMILES string of the molecule is C#C[C@@]1(C[C@H](C=C)OC)O[C@H]1COC(=N)C(Cl)(Cl)Cl. The van der Waals surface area contributed by atoms with E-state index in [4.69, 9.17) is 60.8 Å². The quantitative estimate of drug-likeness (QED) is 0.204. The Morgan fingerprint density at radius 1 is 1.68 bits per heavy atom. The van der Waals surface area contributed by atoms with Crippen LogP contribution in [0, 0.1) is 17.8 Å². The Hall–Kier alpha value is -0.440. The van der Waals surface area contributed by atoms with Crippen LogP contribution < -0.4 is 0 Å². The maximum atomic E-state index is 7.40. The predicted molar refractivity (Wildman–Crippen MR) is 76.0 cm³/mol. The summed E-state index contributed by atoms with van der Waals surface area (Å²) in [5, 5.41) is 7.40. The standard InChI is InChI=1S/C12H14Cl3NO3/c1-4-8(17-3)6-11(5-2)9(19-11)7-18-10(16)12(13,14)15/h2,4,8-9,16H,1,6-7H2,3H3/t8-,9-,11-/m0/s1. The van der Waals surface area contributed by atoms with E-state index in [1.807, 2.05) is 0 Å². The van der Waals surface area contributed by atoms with Gasteiger partial charge in [-0.1, -0.05) is 46.8 Å². The summed E-state index contributed by atoms with van der Waals surface area (Å²) in [6.07, 6.45) is 6.98. The van der Waals surface area contributed by atoms with Gasteiger partial charge in [-0.2, -0.15) is 0 Å². The lowest BCUT2D eigenvalue weighted by Gasteiger charge is -2.15. The zero-order valence-corrected chi connectivity index (χ0v) is 12.6. The molecule has 0 spiro atoms. The molecule has 19 heavy (non-hydrogen) atoms. The molecule has 0 amide bonds. The Kier molecular flexibility index (Phi) is 5.54. The molecule has 3 atom stereocenters. The summed E-state index contributed by atoms with van der Waals surface area (Å²) in [7, 11) is 1.56. The van der Waals surface area contributed by atoms with Crippen molar-refractivity contribution < 1.29 is 14.2 Å². The van der Waals surface area contributed by atoms with Crippen molar-refractivity contribution in [2.75, 3.05) is 13.7 Å². The van der Waals surface area contributed by atoms with Gasteiger partial charge in [-0.15, -0.1) is 13.0 Å². The Bertz CT molecular complexity index is 402. The second-order valence-electron chi connectivity index (χ2n) is 3.99. The van der Waals surface area contributed by atoms with Gasteiger partial charge in [0.25, 0.3) is 3.79 Å². The molecule has 1 N–H and O–H groups in total. The first kappa shape index (κ1) is 16.6. The molecule has 7 heteroatoms. The first-order valence-corrected chi connectivity index (χ1v) is 6.52. The summed E-state index contributed by atoms with van der Waals surface area (Å²) in [6.45, 7) is 3.69. The van der Waals surface area contributed by atoms with Crippen molar-refractivity contribution in [1.82, 2.24) is 0 Å². The average Bonchev–Trinajstić information content (AvgIpc) is 3.05. The van der Waals surface area contributed by atoms with Crippen LogP contribution in [0.2, 0.25) is 0 Å². The van der Waals surface area contributed by atoms with Crippen LogP contribution in [0.1, 0.15) is 6.42 Å². The van der Waals surface area contributed by atoms with Crippen LogP contribution >= 0.6 is 34.8 Å². The summed E-state index contributed by atoms with van der Waals surface area (Å²) >= 11 is 16.5. The number of methoxy groups -OCH3 is 1. The monoisotopic (exact) mass is 325 g/mol. The molecule has 0 aliphatic carbocycles. The Balaban J connectivity index is 2.49. The zero-order chi connectivity index (χ0) is 14.7. The molecule has 0 saturated carbocycles. The van der Waals surface area contributed by atoms with E-state index in [0.29, 0.717) is 6.42 Å². The normalized spacial score (nSPS) is 27.2. The number of terminal acetylenes is 1. The molecule has 1 heterocycles. The summed E-state index contributed by atoms with van der Waals surface area (Å²) in [6, 6.07) is 0. The second-order valence-corrected chi connectivity index (χ2v) is 6.27. The van der Waals surface area contributed by atoms with Crippen molar-refractivity contribution in [3.63, 3.8) is 0 Å². The number of rotatable bonds is 6. The molecular weight excluding hydrogens is 312 g/mol. The highest BCUT2D eigenvalue weighted by molar-refractivity contribution is 6.76. The van der Waals surface area contributed by atoms with Crippen molar-refractivity contribution >= 4 is 40.7 Å². The number of alkyl halides is 3. The molecule has 0 aromatic rings. The fourth-order valence-electron chi connectivity index (χ4n) is 1.56. The van der Waals surface area contributed by atoms with E-state index in [-0.39, 0.29) is 18.8 Å². The van der Waals surface area contributed by atoms with E-state index in [0.717, 1.165) is 0 Å². The van der Waals surface area contributed by atoms with Gasteiger partial charge in [0.2, 0.25) is 5.90 Å². The van der Waals surface area contributed by atoms with Crippen LogP contribution in [0.4, 0.5) is 0 Å². The van der Waals surface area contributed by atoms with Crippen molar-refractivity contribution in [2.24, 2.45) is 0 Å². The second kappa shape index (κ2) is 6.34. The van der Waals surface area contributed by atoms with Gasteiger partial charge in [-0.25, -0.2) is 0 Å². The maximum Gasteiger partial charge on any atom is 0.265 e. The van der Waals surface area contributed by atoms with E-state index in [1.54, 1.807) is 13.2 Å². The molecule has 0 bridgehead atoms. The summed E-state index contributed by atoms with van der Waals surface area (Å²) in [5.41, 5.74) is -0.775. The summed E-state index contributed by atoms with van der Waals surface area (Å²) in [4.78, 5) is 0. The first-order valence-electron chi connectivity index (χ1n) is 5.38. The molecular formula is C12H14Cl3NO3. The Morgan fingerprint density at radius 2 is 2.32 bits per heavy atom. The van der Waals surface area contributed by atoms with Crippen molar-refractivity contribution in [2.45, 2.75) is 28.0 Å². The van der Waals surface area contributed by atoms with Gasteiger partial charge in [0.05, 0.1) is 6.10 Å². The van der Waals surface area contributed by atoms with Crippen LogP contribution in [0.15, 0.2) is 12.7 Å². The minimum Gasteiger partial charge on any atom is -0.475 e. The van der Waals surface area contributed by atoms with E-state index in [1.165, 1.54) is 0 Å². The molecule has 106 valence electrons. The molecule has 1 aliphatic rings.